The van der Waals surface area contributed by atoms with Crippen LogP contribution in [0, 0.1) is 11.8 Å². The predicted octanol–water partition coefficient (Wildman–Crippen LogP) is 4.72. The van der Waals surface area contributed by atoms with E-state index >= 15 is 0 Å². The van der Waals surface area contributed by atoms with Crippen molar-refractivity contribution in [2.75, 3.05) is 19.6 Å². The molecule has 0 aromatic rings. The zero-order valence-electron chi connectivity index (χ0n) is 16.2. The van der Waals surface area contributed by atoms with Crippen LogP contribution in [-0.4, -0.2) is 32.4 Å². The summed E-state index contributed by atoms with van der Waals surface area (Å²) < 4.78 is 29.1. The van der Waals surface area contributed by atoms with Crippen molar-refractivity contribution in [3.8, 4) is 0 Å². The van der Waals surface area contributed by atoms with E-state index in [0.29, 0.717) is 31.5 Å². The number of nitrogens with one attached hydrogen (secondary N) is 1. The van der Waals surface area contributed by atoms with Gasteiger partial charge in [-0.1, -0.05) is 78.6 Å². The molecule has 1 heterocycles. The zero-order valence-corrected chi connectivity index (χ0v) is 17.0. The Morgan fingerprint density at radius 3 is 1.79 bits per heavy atom. The van der Waals surface area contributed by atoms with Gasteiger partial charge in [0.25, 0.3) is 10.2 Å². The highest BCUT2D eigenvalue weighted by Crippen LogP contribution is 2.22. The molecule has 0 bridgehead atoms. The van der Waals surface area contributed by atoms with Gasteiger partial charge in [-0.2, -0.15) is 12.7 Å². The average molecular weight is 361 g/mol. The molecule has 0 saturated carbocycles. The van der Waals surface area contributed by atoms with Crippen LogP contribution in [0.3, 0.4) is 0 Å². The summed E-state index contributed by atoms with van der Waals surface area (Å²) in [5, 5.41) is 0. The van der Waals surface area contributed by atoms with E-state index in [0.717, 1.165) is 19.3 Å². The maximum atomic E-state index is 12.4. The smallest absolute Gasteiger partial charge is 0.202 e. The lowest BCUT2D eigenvalue weighted by molar-refractivity contribution is 0.220. The molecular formula is C19H40N2O2S. The quantitative estimate of drug-likeness (QED) is 0.483. The number of hydrogen-bond acceptors (Lipinski definition) is 2. The Balaban J connectivity index is 2.03. The van der Waals surface area contributed by atoms with Crippen LogP contribution in [0.4, 0.5) is 0 Å². The molecule has 1 rings (SSSR count). The predicted molar refractivity (Wildman–Crippen MR) is 103 cm³/mol. The van der Waals surface area contributed by atoms with Crippen LogP contribution in [0.15, 0.2) is 0 Å². The van der Waals surface area contributed by atoms with Crippen LogP contribution >= 0.6 is 0 Å². The van der Waals surface area contributed by atoms with Gasteiger partial charge >= 0.3 is 0 Å². The third kappa shape index (κ3) is 9.38. The second kappa shape index (κ2) is 12.3. The Kier molecular flexibility index (Phi) is 11.2. The molecule has 24 heavy (non-hydrogen) atoms. The Labute approximate surface area is 151 Å². The summed E-state index contributed by atoms with van der Waals surface area (Å²) in [6.45, 7) is 8.44. The van der Waals surface area contributed by atoms with Gasteiger partial charge in [-0.05, 0) is 24.7 Å². The Hall–Kier alpha value is -0.130. The van der Waals surface area contributed by atoms with Crippen molar-refractivity contribution in [1.29, 1.82) is 0 Å². The molecular weight excluding hydrogens is 320 g/mol. The van der Waals surface area contributed by atoms with Crippen molar-refractivity contribution in [2.24, 2.45) is 11.8 Å². The average Bonchev–Trinajstić information content (AvgIpc) is 2.51. The summed E-state index contributed by atoms with van der Waals surface area (Å²) in [5.41, 5.74) is 0. The van der Waals surface area contributed by atoms with Crippen LogP contribution in [0.2, 0.25) is 0 Å². The van der Waals surface area contributed by atoms with Gasteiger partial charge < -0.3 is 0 Å². The molecule has 0 aromatic carbocycles. The summed E-state index contributed by atoms with van der Waals surface area (Å²) in [6, 6.07) is 0. The first kappa shape index (κ1) is 21.9. The summed E-state index contributed by atoms with van der Waals surface area (Å²) in [5.74, 6) is 0.922. The molecule has 0 radical (unpaired) electrons. The minimum absolute atomic E-state index is 0.461. The van der Waals surface area contributed by atoms with Crippen LogP contribution in [0.5, 0.6) is 0 Å². The fourth-order valence-electron chi connectivity index (χ4n) is 3.71. The maximum Gasteiger partial charge on any atom is 0.279 e. The van der Waals surface area contributed by atoms with E-state index in [1.807, 2.05) is 0 Å². The van der Waals surface area contributed by atoms with E-state index in [-0.39, 0.29) is 0 Å². The van der Waals surface area contributed by atoms with E-state index < -0.39 is 10.2 Å². The van der Waals surface area contributed by atoms with Crippen LogP contribution in [-0.2, 0) is 10.2 Å². The molecule has 1 saturated heterocycles. The lowest BCUT2D eigenvalue weighted by Crippen LogP contribution is -2.48. The van der Waals surface area contributed by atoms with Gasteiger partial charge in [-0.3, -0.25) is 0 Å². The highest BCUT2D eigenvalue weighted by Gasteiger charge is 2.29. The van der Waals surface area contributed by atoms with Crippen molar-refractivity contribution in [3.63, 3.8) is 0 Å². The Bertz CT molecular complexity index is 402. The van der Waals surface area contributed by atoms with Crippen molar-refractivity contribution in [1.82, 2.24) is 9.03 Å². The van der Waals surface area contributed by atoms with E-state index in [2.05, 4.69) is 25.5 Å². The molecule has 0 aromatic heterocycles. The third-order valence-electron chi connectivity index (χ3n) is 4.99. The summed E-state index contributed by atoms with van der Waals surface area (Å²) in [4.78, 5) is 0. The molecule has 1 aliphatic rings. The number of hydrogen-bond donors (Lipinski definition) is 1. The summed E-state index contributed by atoms with van der Waals surface area (Å²) in [6.07, 6.45) is 13.9. The standard InChI is InChI=1S/C19H40N2O2S/c1-4-5-6-7-8-9-10-11-12-13-14-20-24(22,23)21-16-18(2)15-19(3)17-21/h18-20H,4-17H2,1-3H3. The molecule has 144 valence electrons. The first-order chi connectivity index (χ1) is 11.5. The molecule has 4 nitrogen and oxygen atoms in total. The molecule has 1 aliphatic heterocycles. The molecule has 2 unspecified atom stereocenters. The van der Waals surface area contributed by atoms with E-state index in [4.69, 9.17) is 0 Å². The molecule has 1 N–H and O–H groups in total. The van der Waals surface area contributed by atoms with Crippen molar-refractivity contribution in [3.05, 3.63) is 0 Å². The SMILES string of the molecule is CCCCCCCCCCCCNS(=O)(=O)N1CC(C)CC(C)C1. The Morgan fingerprint density at radius 2 is 1.29 bits per heavy atom. The number of unbranched alkanes of at least 4 members (excludes halogenated alkanes) is 9. The van der Waals surface area contributed by atoms with Crippen LogP contribution in [0.1, 0.15) is 91.4 Å². The van der Waals surface area contributed by atoms with Gasteiger partial charge in [-0.15, -0.1) is 0 Å². The number of nitrogens with zero attached hydrogens (tertiary/aromatic N) is 1. The highest BCUT2D eigenvalue weighted by molar-refractivity contribution is 7.87. The maximum absolute atomic E-state index is 12.4. The first-order valence-corrected chi connectivity index (χ1v) is 11.6. The molecule has 0 amide bonds. The first-order valence-electron chi connectivity index (χ1n) is 10.2. The normalized spacial score (nSPS) is 22.8. The van der Waals surface area contributed by atoms with Crippen molar-refractivity contribution < 1.29 is 8.42 Å². The molecule has 5 heteroatoms. The summed E-state index contributed by atoms with van der Waals surface area (Å²) >= 11 is 0. The largest absolute Gasteiger partial charge is 0.279 e. The molecule has 0 aliphatic carbocycles. The highest BCUT2D eigenvalue weighted by atomic mass is 32.2. The van der Waals surface area contributed by atoms with Gasteiger partial charge in [0.2, 0.25) is 0 Å². The summed E-state index contributed by atoms with van der Waals surface area (Å²) in [7, 11) is -3.28. The van der Waals surface area contributed by atoms with Gasteiger partial charge in [0.15, 0.2) is 0 Å². The number of rotatable bonds is 13. The monoisotopic (exact) mass is 360 g/mol. The second-order valence-electron chi connectivity index (χ2n) is 7.84. The van der Waals surface area contributed by atoms with E-state index in [9.17, 15) is 8.42 Å². The van der Waals surface area contributed by atoms with Gasteiger partial charge in [0.05, 0.1) is 0 Å². The lowest BCUT2D eigenvalue weighted by Gasteiger charge is -2.33. The fourth-order valence-corrected chi connectivity index (χ4v) is 5.19. The lowest BCUT2D eigenvalue weighted by atomic mass is 9.94. The van der Waals surface area contributed by atoms with Crippen LogP contribution < -0.4 is 4.72 Å². The second-order valence-corrected chi connectivity index (χ2v) is 9.60. The zero-order chi connectivity index (χ0) is 17.8. The Morgan fingerprint density at radius 1 is 0.833 bits per heavy atom. The fraction of sp³-hybridized carbons (Fsp3) is 1.00. The minimum Gasteiger partial charge on any atom is -0.202 e. The van der Waals surface area contributed by atoms with Gasteiger partial charge in [0, 0.05) is 19.6 Å². The van der Waals surface area contributed by atoms with Gasteiger partial charge in [-0.25, -0.2) is 4.72 Å². The topological polar surface area (TPSA) is 49.4 Å². The molecule has 0 spiro atoms. The third-order valence-corrected chi connectivity index (χ3v) is 6.54. The van der Waals surface area contributed by atoms with Crippen LogP contribution in [0.25, 0.3) is 0 Å². The van der Waals surface area contributed by atoms with Crippen molar-refractivity contribution >= 4 is 10.2 Å². The van der Waals surface area contributed by atoms with Gasteiger partial charge in [0.1, 0.15) is 0 Å². The molecule has 2 atom stereocenters. The van der Waals surface area contributed by atoms with E-state index in [1.165, 1.54) is 51.4 Å². The minimum atomic E-state index is -3.28. The van der Waals surface area contributed by atoms with E-state index in [1.54, 1.807) is 4.31 Å². The number of piperidine rings is 1. The van der Waals surface area contributed by atoms with Crippen molar-refractivity contribution in [2.45, 2.75) is 91.4 Å². The molecule has 1 fully saturated rings.